The maximum Gasteiger partial charge on any atom is 0.174 e. The number of likely N-dealkylation sites (N-methyl/N-ethyl adjacent to an activating group) is 1. The molecule has 1 saturated heterocycles. The van der Waals surface area contributed by atoms with Crippen molar-refractivity contribution >= 4 is 5.78 Å². The molecule has 2 fully saturated rings. The number of piperidine rings is 1. The molecule has 5 rings (SSSR count). The quantitative estimate of drug-likeness (QED) is 0.746. The van der Waals surface area contributed by atoms with E-state index < -0.39 is 17.1 Å². The Balaban J connectivity index is 1.62. The third-order valence-electron chi connectivity index (χ3n) is 8.68. The van der Waals surface area contributed by atoms with Crippen molar-refractivity contribution in [2.24, 2.45) is 5.92 Å². The first kappa shape index (κ1) is 19.4. The second-order valence-electron chi connectivity index (χ2n) is 10.4. The molecule has 29 heavy (non-hydrogen) atoms. The molecule has 0 amide bonds. The van der Waals surface area contributed by atoms with Gasteiger partial charge in [0.25, 0.3) is 0 Å². The number of likely N-dealkylation sites (tertiary alicyclic amines) is 1. The molecule has 2 unspecified atom stereocenters. The van der Waals surface area contributed by atoms with Crippen LogP contribution in [0.3, 0.4) is 0 Å². The van der Waals surface area contributed by atoms with Crippen LogP contribution in [0.5, 0.6) is 11.5 Å². The van der Waals surface area contributed by atoms with E-state index in [-0.39, 0.29) is 17.6 Å². The number of aromatic hydroxyl groups is 1. The average Bonchev–Trinajstić information content (AvgIpc) is 3.04. The molecule has 1 aromatic rings. The number of Topliss-reactive ketones (excluding diaryl/α,β-unsaturated/α-hetero) is 1. The van der Waals surface area contributed by atoms with Gasteiger partial charge in [0.2, 0.25) is 0 Å². The Labute approximate surface area is 173 Å². The second-order valence-corrected chi connectivity index (χ2v) is 10.4. The third-order valence-corrected chi connectivity index (χ3v) is 8.68. The van der Waals surface area contributed by atoms with Crippen LogP contribution in [-0.4, -0.2) is 58.4 Å². The molecule has 158 valence electrons. The van der Waals surface area contributed by atoms with E-state index in [1.165, 1.54) is 19.3 Å². The standard InChI is InChI=1S/C24H33NO4/c1-4-5-6-15(2)14-25(3)12-11-23-20-16-7-8-17(26)21(20)29-22(23)18(27)9-10-24(23,28)19(25)13-16/h7-8,15,19,22,28H,4-6,9-14H2,1-3H3/p+1/t15?,19-,22+,23+,24-,25?/m1/s1. The van der Waals surface area contributed by atoms with Crippen LogP contribution >= 0.6 is 0 Å². The molecule has 0 radical (unpaired) electrons. The predicted molar refractivity (Wildman–Crippen MR) is 110 cm³/mol. The summed E-state index contributed by atoms with van der Waals surface area (Å²) in [4.78, 5) is 12.9. The SMILES string of the molecule is CCCCC(C)C[N+]1(C)CC[C@]23c4c5ccc(O)c4O[C@H]2C(=O)CC[C@@]3(O)[C@H]1C5. The minimum Gasteiger partial charge on any atom is -0.504 e. The summed E-state index contributed by atoms with van der Waals surface area (Å²) < 4.78 is 6.98. The first-order chi connectivity index (χ1) is 13.8. The van der Waals surface area contributed by atoms with E-state index in [1.54, 1.807) is 6.07 Å². The highest BCUT2D eigenvalue weighted by Crippen LogP contribution is 2.65. The Hall–Kier alpha value is -1.59. The summed E-state index contributed by atoms with van der Waals surface area (Å²) in [6.45, 7) is 6.57. The van der Waals surface area contributed by atoms with E-state index in [4.69, 9.17) is 4.74 Å². The molecule has 1 aromatic carbocycles. The maximum absolute atomic E-state index is 12.9. The first-order valence-corrected chi connectivity index (χ1v) is 11.4. The number of carbonyl (C=O) groups excluding carboxylic acids is 1. The number of carbonyl (C=O) groups is 1. The van der Waals surface area contributed by atoms with E-state index >= 15 is 0 Å². The zero-order valence-corrected chi connectivity index (χ0v) is 17.9. The van der Waals surface area contributed by atoms with E-state index in [0.717, 1.165) is 41.5 Å². The number of benzene rings is 1. The third kappa shape index (κ3) is 2.32. The van der Waals surface area contributed by atoms with Gasteiger partial charge in [0.15, 0.2) is 23.4 Å². The fraction of sp³-hybridized carbons (Fsp3) is 0.708. The van der Waals surface area contributed by atoms with Crippen LogP contribution in [0.4, 0.5) is 0 Å². The topological polar surface area (TPSA) is 66.8 Å². The van der Waals surface area contributed by atoms with Crippen LogP contribution in [0.1, 0.15) is 63.5 Å². The van der Waals surface area contributed by atoms with Crippen LogP contribution in [0.15, 0.2) is 12.1 Å². The lowest BCUT2D eigenvalue weighted by Gasteiger charge is -2.64. The first-order valence-electron chi connectivity index (χ1n) is 11.4. The van der Waals surface area contributed by atoms with Crippen molar-refractivity contribution in [3.63, 3.8) is 0 Å². The normalized spacial score (nSPS) is 40.3. The summed E-state index contributed by atoms with van der Waals surface area (Å²) >= 11 is 0. The molecular weight excluding hydrogens is 366 g/mol. The molecule has 5 heteroatoms. The van der Waals surface area contributed by atoms with Gasteiger partial charge >= 0.3 is 0 Å². The number of phenols is 1. The van der Waals surface area contributed by atoms with Crippen LogP contribution < -0.4 is 4.74 Å². The lowest BCUT2D eigenvalue weighted by molar-refractivity contribution is -0.951. The number of nitrogens with zero attached hydrogens (tertiary/aromatic N) is 1. The number of ketones is 1. The van der Waals surface area contributed by atoms with Crippen molar-refractivity contribution in [1.82, 2.24) is 0 Å². The minimum absolute atomic E-state index is 0.0579. The van der Waals surface area contributed by atoms with Crippen molar-refractivity contribution in [3.8, 4) is 11.5 Å². The molecule has 2 heterocycles. The monoisotopic (exact) mass is 400 g/mol. The van der Waals surface area contributed by atoms with E-state index in [2.05, 4.69) is 20.9 Å². The van der Waals surface area contributed by atoms with Gasteiger partial charge in [-0.2, -0.15) is 0 Å². The molecule has 0 aromatic heterocycles. The zero-order chi connectivity index (χ0) is 20.6. The molecule has 2 aliphatic carbocycles. The Kier molecular flexibility index (Phi) is 4.15. The van der Waals surface area contributed by atoms with Crippen molar-refractivity contribution in [2.45, 2.75) is 82.0 Å². The molecule has 2 N–H and O–H groups in total. The Morgan fingerprint density at radius 1 is 1.34 bits per heavy atom. The van der Waals surface area contributed by atoms with Gasteiger partial charge in [-0.05, 0) is 24.5 Å². The van der Waals surface area contributed by atoms with Gasteiger partial charge in [0.1, 0.15) is 11.6 Å². The molecular formula is C24H34NO4+. The van der Waals surface area contributed by atoms with Gasteiger partial charge < -0.3 is 19.4 Å². The Morgan fingerprint density at radius 2 is 2.14 bits per heavy atom. The van der Waals surface area contributed by atoms with Crippen molar-refractivity contribution in [1.29, 1.82) is 0 Å². The number of aliphatic hydroxyl groups is 1. The maximum atomic E-state index is 12.9. The number of quaternary nitrogens is 1. The van der Waals surface area contributed by atoms with Crippen molar-refractivity contribution < 1.29 is 24.2 Å². The predicted octanol–water partition coefficient (Wildman–Crippen LogP) is 3.09. The highest BCUT2D eigenvalue weighted by molar-refractivity contribution is 5.90. The number of hydrogen-bond acceptors (Lipinski definition) is 4. The smallest absolute Gasteiger partial charge is 0.174 e. The van der Waals surface area contributed by atoms with Crippen LogP contribution in [0.2, 0.25) is 0 Å². The summed E-state index contributed by atoms with van der Waals surface area (Å²) in [5, 5.41) is 22.8. The zero-order valence-electron chi connectivity index (χ0n) is 17.9. The molecule has 4 aliphatic rings. The summed E-state index contributed by atoms with van der Waals surface area (Å²) in [5.74, 6) is 1.23. The summed E-state index contributed by atoms with van der Waals surface area (Å²) in [6, 6.07) is 3.74. The van der Waals surface area contributed by atoms with Crippen LogP contribution in [0, 0.1) is 5.92 Å². The highest BCUT2D eigenvalue weighted by Gasteiger charge is 2.76. The Bertz CT molecular complexity index is 869. The lowest BCUT2D eigenvalue weighted by atomic mass is 9.48. The number of phenolic OH excluding ortho intramolecular Hbond substituents is 1. The van der Waals surface area contributed by atoms with Gasteiger partial charge in [0.05, 0.1) is 25.6 Å². The van der Waals surface area contributed by atoms with Crippen molar-refractivity contribution in [2.75, 3.05) is 20.1 Å². The fourth-order valence-electron chi connectivity index (χ4n) is 7.40. The second kappa shape index (κ2) is 6.21. The average molecular weight is 401 g/mol. The summed E-state index contributed by atoms with van der Waals surface area (Å²) in [5.41, 5.74) is 0.420. The molecule has 2 aliphatic heterocycles. The van der Waals surface area contributed by atoms with E-state index in [9.17, 15) is 15.0 Å². The van der Waals surface area contributed by atoms with Crippen molar-refractivity contribution in [3.05, 3.63) is 23.3 Å². The van der Waals surface area contributed by atoms with Gasteiger partial charge in [-0.15, -0.1) is 0 Å². The van der Waals surface area contributed by atoms with Gasteiger partial charge in [-0.3, -0.25) is 4.79 Å². The molecule has 1 spiro atoms. The number of ether oxygens (including phenoxy) is 1. The van der Waals surface area contributed by atoms with Gasteiger partial charge in [-0.25, -0.2) is 0 Å². The largest absolute Gasteiger partial charge is 0.504 e. The van der Waals surface area contributed by atoms with E-state index in [1.807, 2.05) is 6.07 Å². The minimum atomic E-state index is -0.963. The van der Waals surface area contributed by atoms with E-state index in [0.29, 0.717) is 24.5 Å². The van der Waals surface area contributed by atoms with Crippen LogP contribution in [-0.2, 0) is 16.6 Å². The fourth-order valence-corrected chi connectivity index (χ4v) is 7.40. The lowest BCUT2D eigenvalue weighted by Crippen LogP contribution is -2.81. The molecule has 1 saturated carbocycles. The molecule has 6 atom stereocenters. The highest BCUT2D eigenvalue weighted by atomic mass is 16.5. The molecule has 5 nitrogen and oxygen atoms in total. The van der Waals surface area contributed by atoms with Gasteiger partial charge in [-0.1, -0.05) is 32.8 Å². The summed E-state index contributed by atoms with van der Waals surface area (Å²) in [7, 11) is 2.31. The number of rotatable bonds is 5. The summed E-state index contributed by atoms with van der Waals surface area (Å²) in [6.07, 6.45) is 5.40. The van der Waals surface area contributed by atoms with Crippen LogP contribution in [0.25, 0.3) is 0 Å². The number of hydrogen-bond donors (Lipinski definition) is 2. The molecule has 2 bridgehead atoms. The van der Waals surface area contributed by atoms with Gasteiger partial charge in [0, 0.05) is 30.7 Å². The number of unbranched alkanes of at least 4 members (excludes halogenated alkanes) is 1. The Morgan fingerprint density at radius 3 is 2.90 bits per heavy atom.